The van der Waals surface area contributed by atoms with Crippen LogP contribution < -0.4 is 15.4 Å². The number of guanidine groups is 1. The molecule has 0 spiro atoms. The number of rotatable bonds is 7. The van der Waals surface area contributed by atoms with Gasteiger partial charge in [-0.25, -0.2) is 0 Å². The highest BCUT2D eigenvalue weighted by Gasteiger charge is 2.21. The summed E-state index contributed by atoms with van der Waals surface area (Å²) < 4.78 is 29.8. The van der Waals surface area contributed by atoms with Gasteiger partial charge in [0.05, 0.1) is 6.54 Å². The zero-order valence-electron chi connectivity index (χ0n) is 16.9. The van der Waals surface area contributed by atoms with Crippen molar-refractivity contribution in [2.45, 2.75) is 33.0 Å². The summed E-state index contributed by atoms with van der Waals surface area (Å²) in [6, 6.07) is 4.64. The maximum absolute atomic E-state index is 12.6. The molecule has 10 heteroatoms. The molecule has 7 nitrogen and oxygen atoms in total. The van der Waals surface area contributed by atoms with E-state index in [0.29, 0.717) is 36.2 Å². The number of piperazine rings is 1. The fraction of sp³-hybridized carbons (Fsp3) is 0.579. The highest BCUT2D eigenvalue weighted by molar-refractivity contribution is 6.30. The lowest BCUT2D eigenvalue weighted by Gasteiger charge is -2.36. The van der Waals surface area contributed by atoms with Gasteiger partial charge in [-0.15, -0.1) is 0 Å². The van der Waals surface area contributed by atoms with Gasteiger partial charge < -0.3 is 20.3 Å². The largest absolute Gasteiger partial charge is 0.434 e. The van der Waals surface area contributed by atoms with Gasteiger partial charge in [0.2, 0.25) is 5.91 Å². The van der Waals surface area contributed by atoms with E-state index in [1.54, 1.807) is 13.1 Å². The lowest BCUT2D eigenvalue weighted by atomic mass is 10.2. The van der Waals surface area contributed by atoms with Gasteiger partial charge in [-0.05, 0) is 32.0 Å². The predicted octanol–water partition coefficient (Wildman–Crippen LogP) is 2.16. The Labute approximate surface area is 175 Å². The number of benzene rings is 1. The quantitative estimate of drug-likeness (QED) is 0.511. The first-order valence-corrected chi connectivity index (χ1v) is 9.86. The molecule has 0 atom stereocenters. The zero-order valence-corrected chi connectivity index (χ0v) is 17.7. The molecule has 1 heterocycles. The number of aliphatic imine (C=N–C) groups is 1. The number of nitrogens with one attached hydrogen (secondary N) is 2. The second kappa shape index (κ2) is 11.2. The lowest BCUT2D eigenvalue weighted by Crippen LogP contribution is -2.54. The maximum atomic E-state index is 12.6. The highest BCUT2D eigenvalue weighted by Crippen LogP contribution is 2.24. The Balaban J connectivity index is 1.89. The molecule has 0 radical (unpaired) electrons. The molecule has 1 aliphatic rings. The molecule has 29 heavy (non-hydrogen) atoms. The Morgan fingerprint density at radius 2 is 1.97 bits per heavy atom. The Bertz CT molecular complexity index is 710. The summed E-state index contributed by atoms with van der Waals surface area (Å²) in [6.45, 7) is 4.42. The van der Waals surface area contributed by atoms with E-state index in [0.717, 1.165) is 13.1 Å². The van der Waals surface area contributed by atoms with E-state index in [1.165, 1.54) is 12.1 Å². The van der Waals surface area contributed by atoms with Crippen molar-refractivity contribution >= 4 is 23.5 Å². The second-order valence-electron chi connectivity index (χ2n) is 7.02. The summed E-state index contributed by atoms with van der Waals surface area (Å²) in [5.74, 6) is 0.746. The minimum atomic E-state index is -2.91. The van der Waals surface area contributed by atoms with Crippen LogP contribution in [0.15, 0.2) is 23.2 Å². The molecular formula is C19H28ClF2N5O2. The zero-order chi connectivity index (χ0) is 21.4. The van der Waals surface area contributed by atoms with E-state index in [-0.39, 0.29) is 24.2 Å². The summed E-state index contributed by atoms with van der Waals surface area (Å²) in [4.78, 5) is 20.3. The number of ether oxygens (including phenoxy) is 1. The van der Waals surface area contributed by atoms with E-state index >= 15 is 0 Å². The van der Waals surface area contributed by atoms with Crippen molar-refractivity contribution in [3.05, 3.63) is 28.8 Å². The number of nitrogens with zero attached hydrogens (tertiary/aromatic N) is 3. The topological polar surface area (TPSA) is 69.2 Å². The van der Waals surface area contributed by atoms with E-state index in [2.05, 4.69) is 30.2 Å². The molecule has 0 aliphatic carbocycles. The third kappa shape index (κ3) is 7.66. The van der Waals surface area contributed by atoms with Crippen molar-refractivity contribution in [1.29, 1.82) is 0 Å². The van der Waals surface area contributed by atoms with E-state index in [9.17, 15) is 13.6 Å². The fourth-order valence-corrected chi connectivity index (χ4v) is 3.29. The van der Waals surface area contributed by atoms with Crippen molar-refractivity contribution in [2.75, 3.05) is 39.8 Å². The molecular weight excluding hydrogens is 404 g/mol. The van der Waals surface area contributed by atoms with Gasteiger partial charge in [0, 0.05) is 56.4 Å². The molecule has 0 saturated carbocycles. The summed E-state index contributed by atoms with van der Waals surface area (Å²) in [5, 5.41) is 6.50. The van der Waals surface area contributed by atoms with Gasteiger partial charge in [-0.1, -0.05) is 11.6 Å². The van der Waals surface area contributed by atoms with Crippen LogP contribution in [0, 0.1) is 0 Å². The molecule has 1 aromatic carbocycles. The van der Waals surface area contributed by atoms with Crippen LogP contribution in [0.4, 0.5) is 8.78 Å². The first-order valence-electron chi connectivity index (χ1n) is 9.49. The number of carbonyl (C=O) groups excluding carboxylic acids is 1. The Morgan fingerprint density at radius 3 is 2.55 bits per heavy atom. The summed E-state index contributed by atoms with van der Waals surface area (Å²) >= 11 is 5.99. The van der Waals surface area contributed by atoms with Crippen LogP contribution in [0.2, 0.25) is 5.02 Å². The molecule has 1 aliphatic heterocycles. The normalized spacial score (nSPS) is 15.7. The predicted molar refractivity (Wildman–Crippen MR) is 110 cm³/mol. The molecule has 162 valence electrons. The minimum Gasteiger partial charge on any atom is -0.434 e. The third-order valence-corrected chi connectivity index (χ3v) is 4.61. The van der Waals surface area contributed by atoms with Gasteiger partial charge in [0.25, 0.3) is 0 Å². The minimum absolute atomic E-state index is 0.0171. The van der Waals surface area contributed by atoms with Crippen LogP contribution in [-0.2, 0) is 11.3 Å². The van der Waals surface area contributed by atoms with Crippen LogP contribution in [0.25, 0.3) is 0 Å². The van der Waals surface area contributed by atoms with Crippen molar-refractivity contribution in [3.8, 4) is 5.75 Å². The molecule has 0 aromatic heterocycles. The van der Waals surface area contributed by atoms with Crippen molar-refractivity contribution in [1.82, 2.24) is 20.4 Å². The Morgan fingerprint density at radius 1 is 1.28 bits per heavy atom. The summed E-state index contributed by atoms with van der Waals surface area (Å²) in [5.41, 5.74) is 0.517. The number of amides is 1. The van der Waals surface area contributed by atoms with Crippen molar-refractivity contribution in [2.24, 2.45) is 4.99 Å². The molecule has 2 rings (SSSR count). The van der Waals surface area contributed by atoms with E-state index in [1.807, 2.05) is 13.8 Å². The van der Waals surface area contributed by atoms with Gasteiger partial charge >= 0.3 is 6.61 Å². The molecule has 2 N–H and O–H groups in total. The molecule has 1 aromatic rings. The second-order valence-corrected chi connectivity index (χ2v) is 7.45. The van der Waals surface area contributed by atoms with Crippen LogP contribution in [0.3, 0.4) is 0 Å². The van der Waals surface area contributed by atoms with Gasteiger partial charge in [-0.2, -0.15) is 8.78 Å². The fourth-order valence-electron chi connectivity index (χ4n) is 3.09. The third-order valence-electron chi connectivity index (χ3n) is 4.38. The number of alkyl halides is 2. The smallest absolute Gasteiger partial charge is 0.387 e. The molecule has 1 amide bonds. The van der Waals surface area contributed by atoms with Crippen molar-refractivity contribution < 1.29 is 18.3 Å². The average molecular weight is 432 g/mol. The number of hydrogen-bond donors (Lipinski definition) is 2. The van der Waals surface area contributed by atoms with Gasteiger partial charge in [-0.3, -0.25) is 14.7 Å². The van der Waals surface area contributed by atoms with Crippen molar-refractivity contribution in [3.63, 3.8) is 0 Å². The van der Waals surface area contributed by atoms with Crippen LogP contribution in [0.1, 0.15) is 19.4 Å². The van der Waals surface area contributed by atoms with Gasteiger partial charge in [0.15, 0.2) is 5.96 Å². The number of halogens is 3. The van der Waals surface area contributed by atoms with Crippen LogP contribution in [-0.4, -0.2) is 74.1 Å². The number of hydrogen-bond acceptors (Lipinski definition) is 4. The summed E-state index contributed by atoms with van der Waals surface area (Å²) in [6.07, 6.45) is 0. The molecule has 0 bridgehead atoms. The average Bonchev–Trinajstić information content (AvgIpc) is 2.64. The maximum Gasteiger partial charge on any atom is 0.387 e. The first-order chi connectivity index (χ1) is 13.8. The highest BCUT2D eigenvalue weighted by atomic mass is 35.5. The lowest BCUT2D eigenvalue weighted by molar-refractivity contribution is -0.123. The Kier molecular flexibility index (Phi) is 8.91. The molecule has 0 unspecified atom stereocenters. The Hall–Kier alpha value is -2.13. The van der Waals surface area contributed by atoms with Crippen LogP contribution in [0.5, 0.6) is 5.75 Å². The van der Waals surface area contributed by atoms with Crippen LogP contribution >= 0.6 is 11.6 Å². The monoisotopic (exact) mass is 431 g/mol. The SMILES string of the molecule is CN=C(NCc1cc(Cl)ccc1OC(F)F)N1CCN(CC(=O)NC(C)C)CC1. The van der Waals surface area contributed by atoms with E-state index < -0.39 is 6.61 Å². The van der Waals surface area contributed by atoms with E-state index in [4.69, 9.17) is 11.6 Å². The summed E-state index contributed by atoms with van der Waals surface area (Å²) in [7, 11) is 1.67. The van der Waals surface area contributed by atoms with Gasteiger partial charge in [0.1, 0.15) is 5.75 Å². The molecule has 1 saturated heterocycles. The number of carbonyl (C=O) groups is 1. The standard InChI is InChI=1S/C19H28ClF2N5O2/c1-13(2)25-17(28)12-26-6-8-27(9-7-26)19(23-3)24-11-14-10-15(20)4-5-16(14)29-18(21)22/h4-5,10,13,18H,6-9,11-12H2,1-3H3,(H,23,24)(H,25,28). The first kappa shape index (κ1) is 23.2. The molecule has 1 fully saturated rings.